The molecule has 0 heterocycles. The van der Waals surface area contributed by atoms with Crippen molar-refractivity contribution in [2.45, 2.75) is 37.6 Å². The summed E-state index contributed by atoms with van der Waals surface area (Å²) in [6, 6.07) is 16.5. The Morgan fingerprint density at radius 1 is 1.08 bits per heavy atom. The number of hydrogen-bond donors (Lipinski definition) is 2. The van der Waals surface area contributed by atoms with Crippen molar-refractivity contribution in [2.24, 2.45) is 0 Å². The molecule has 0 aliphatic heterocycles. The Kier molecular flexibility index (Phi) is 5.62. The summed E-state index contributed by atoms with van der Waals surface area (Å²) in [5.74, 6) is -0.535. The van der Waals surface area contributed by atoms with Gasteiger partial charge in [-0.2, -0.15) is 0 Å². The van der Waals surface area contributed by atoms with Crippen molar-refractivity contribution in [1.82, 2.24) is 10.6 Å². The number of halogens is 1. The van der Waals surface area contributed by atoms with Gasteiger partial charge in [-0.1, -0.05) is 60.5 Å². The number of rotatable bonds is 6. The van der Waals surface area contributed by atoms with Crippen LogP contribution in [0.4, 0.5) is 0 Å². The molecule has 2 aromatic rings. The minimum Gasteiger partial charge on any atom is -0.353 e. The van der Waals surface area contributed by atoms with Crippen molar-refractivity contribution in [1.29, 1.82) is 0 Å². The van der Waals surface area contributed by atoms with Gasteiger partial charge in [-0.15, -0.1) is 0 Å². The molecule has 2 aromatic carbocycles. The molecule has 1 unspecified atom stereocenters. The Morgan fingerprint density at radius 3 is 2.35 bits per heavy atom. The highest BCUT2D eigenvalue weighted by atomic mass is 35.5. The third-order valence-corrected chi connectivity index (χ3v) is 5.49. The second-order valence-corrected chi connectivity index (χ2v) is 7.30. The lowest BCUT2D eigenvalue weighted by Crippen LogP contribution is -2.51. The molecule has 0 bridgehead atoms. The van der Waals surface area contributed by atoms with E-state index in [2.05, 4.69) is 22.8 Å². The van der Waals surface area contributed by atoms with E-state index >= 15 is 0 Å². The zero-order chi connectivity index (χ0) is 18.6. The van der Waals surface area contributed by atoms with Crippen molar-refractivity contribution in [3.05, 3.63) is 70.7 Å². The maximum Gasteiger partial charge on any atom is 0.253 e. The topological polar surface area (TPSA) is 58.2 Å². The predicted octanol–water partition coefficient (Wildman–Crippen LogP) is 3.70. The molecule has 0 spiro atoms. The third kappa shape index (κ3) is 3.91. The first kappa shape index (κ1) is 18.5. The molecule has 1 atom stereocenters. The lowest BCUT2D eigenvalue weighted by Gasteiger charge is -2.42. The van der Waals surface area contributed by atoms with Gasteiger partial charge in [0.2, 0.25) is 5.91 Å². The van der Waals surface area contributed by atoms with Crippen LogP contribution >= 0.6 is 11.6 Å². The lowest BCUT2D eigenvalue weighted by molar-refractivity contribution is -0.123. The van der Waals surface area contributed by atoms with Crippen LogP contribution in [0.5, 0.6) is 0 Å². The highest BCUT2D eigenvalue weighted by molar-refractivity contribution is 6.33. The van der Waals surface area contributed by atoms with Crippen LogP contribution in [0.1, 0.15) is 42.1 Å². The van der Waals surface area contributed by atoms with Crippen molar-refractivity contribution < 1.29 is 9.59 Å². The molecule has 1 saturated carbocycles. The largest absolute Gasteiger partial charge is 0.353 e. The molecule has 1 aliphatic rings. The summed E-state index contributed by atoms with van der Waals surface area (Å²) in [5.41, 5.74) is 1.65. The van der Waals surface area contributed by atoms with Crippen molar-refractivity contribution >= 4 is 23.4 Å². The maximum absolute atomic E-state index is 12.5. The number of carbonyl (C=O) groups excluding carboxylic acids is 2. The number of nitrogens with one attached hydrogen (secondary N) is 2. The second kappa shape index (κ2) is 7.92. The minimum absolute atomic E-state index is 0.0172. The average Bonchev–Trinajstić information content (AvgIpc) is 2.61. The van der Waals surface area contributed by atoms with Gasteiger partial charge in [0.05, 0.1) is 10.6 Å². The molecular weight excluding hydrogens is 348 g/mol. The summed E-state index contributed by atoms with van der Waals surface area (Å²) in [4.78, 5) is 24.7. The van der Waals surface area contributed by atoms with E-state index in [1.54, 1.807) is 31.2 Å². The quantitative estimate of drug-likeness (QED) is 0.814. The molecule has 1 fully saturated rings. The van der Waals surface area contributed by atoms with Crippen molar-refractivity contribution in [3.8, 4) is 0 Å². The van der Waals surface area contributed by atoms with Crippen LogP contribution in [0.25, 0.3) is 0 Å². The summed E-state index contributed by atoms with van der Waals surface area (Å²) in [6.07, 6.45) is 3.30. The van der Waals surface area contributed by atoms with Gasteiger partial charge in [-0.25, -0.2) is 0 Å². The molecule has 3 rings (SSSR count). The monoisotopic (exact) mass is 370 g/mol. The predicted molar refractivity (Wildman–Crippen MR) is 103 cm³/mol. The third-order valence-electron chi connectivity index (χ3n) is 5.16. The van der Waals surface area contributed by atoms with E-state index in [-0.39, 0.29) is 17.2 Å². The van der Waals surface area contributed by atoms with Crippen LogP contribution in [0.2, 0.25) is 5.02 Å². The molecule has 2 amide bonds. The van der Waals surface area contributed by atoms with Gasteiger partial charge < -0.3 is 10.6 Å². The smallest absolute Gasteiger partial charge is 0.253 e. The van der Waals surface area contributed by atoms with Crippen LogP contribution in [-0.4, -0.2) is 24.4 Å². The van der Waals surface area contributed by atoms with Crippen LogP contribution in [-0.2, 0) is 10.2 Å². The van der Waals surface area contributed by atoms with E-state index in [1.807, 2.05) is 18.2 Å². The van der Waals surface area contributed by atoms with Crippen LogP contribution < -0.4 is 10.6 Å². The summed E-state index contributed by atoms with van der Waals surface area (Å²) >= 11 is 6.04. The molecule has 4 nitrogen and oxygen atoms in total. The summed E-state index contributed by atoms with van der Waals surface area (Å²) < 4.78 is 0. The molecule has 0 radical (unpaired) electrons. The summed E-state index contributed by atoms with van der Waals surface area (Å²) in [6.45, 7) is 2.27. The summed E-state index contributed by atoms with van der Waals surface area (Å²) in [5, 5.41) is 6.09. The zero-order valence-electron chi connectivity index (χ0n) is 14.8. The molecule has 1 aliphatic carbocycles. The molecule has 136 valence electrons. The highest BCUT2D eigenvalue weighted by Gasteiger charge is 2.39. The van der Waals surface area contributed by atoms with Crippen molar-refractivity contribution in [3.63, 3.8) is 0 Å². The Labute approximate surface area is 158 Å². The van der Waals surface area contributed by atoms with Gasteiger partial charge in [0.1, 0.15) is 6.04 Å². The Balaban J connectivity index is 1.58. The Bertz CT molecular complexity index is 788. The number of hydrogen-bond acceptors (Lipinski definition) is 2. The second-order valence-electron chi connectivity index (χ2n) is 6.89. The van der Waals surface area contributed by atoms with E-state index in [0.29, 0.717) is 17.1 Å². The zero-order valence-corrected chi connectivity index (χ0v) is 15.6. The van der Waals surface area contributed by atoms with Crippen molar-refractivity contribution in [2.75, 3.05) is 6.54 Å². The molecular formula is C21H23ClN2O2. The lowest BCUT2D eigenvalue weighted by atomic mass is 9.64. The molecule has 0 saturated heterocycles. The number of benzene rings is 2. The van der Waals surface area contributed by atoms with E-state index in [9.17, 15) is 9.59 Å². The summed E-state index contributed by atoms with van der Waals surface area (Å²) in [7, 11) is 0. The molecule has 26 heavy (non-hydrogen) atoms. The van der Waals surface area contributed by atoms with Gasteiger partial charge in [-0.3, -0.25) is 9.59 Å². The first-order chi connectivity index (χ1) is 12.5. The van der Waals surface area contributed by atoms with E-state index in [4.69, 9.17) is 11.6 Å². The Morgan fingerprint density at radius 2 is 1.73 bits per heavy atom. The van der Waals surface area contributed by atoms with Gasteiger partial charge in [0.25, 0.3) is 5.91 Å². The standard InChI is InChI=1S/C21H23ClN2O2/c1-15(24-20(26)17-10-5-6-11-18(17)22)19(25)23-14-21(12-7-13-21)16-8-3-2-4-9-16/h2-6,8-11,15H,7,12-14H2,1H3,(H,23,25)(H,24,26). The van der Waals surface area contributed by atoms with E-state index < -0.39 is 6.04 Å². The number of carbonyl (C=O) groups is 2. The first-order valence-electron chi connectivity index (χ1n) is 8.90. The maximum atomic E-state index is 12.5. The average molecular weight is 371 g/mol. The Hall–Kier alpha value is -2.33. The van der Waals surface area contributed by atoms with Crippen LogP contribution in [0.3, 0.4) is 0 Å². The van der Waals surface area contributed by atoms with Gasteiger partial charge in [-0.05, 0) is 37.5 Å². The fourth-order valence-electron chi connectivity index (χ4n) is 3.36. The van der Waals surface area contributed by atoms with Gasteiger partial charge in [0, 0.05) is 12.0 Å². The normalized spacial score (nSPS) is 16.2. The SMILES string of the molecule is CC(NC(=O)c1ccccc1Cl)C(=O)NCC1(c2ccccc2)CCC1. The number of amides is 2. The highest BCUT2D eigenvalue weighted by Crippen LogP contribution is 2.43. The van der Waals surface area contributed by atoms with Crippen LogP contribution in [0.15, 0.2) is 54.6 Å². The molecule has 5 heteroatoms. The van der Waals surface area contributed by atoms with E-state index in [0.717, 1.165) is 12.8 Å². The van der Waals surface area contributed by atoms with Gasteiger partial charge >= 0.3 is 0 Å². The fraction of sp³-hybridized carbons (Fsp3) is 0.333. The fourth-order valence-corrected chi connectivity index (χ4v) is 3.58. The van der Waals surface area contributed by atoms with Gasteiger partial charge in [0.15, 0.2) is 0 Å². The van der Waals surface area contributed by atoms with E-state index in [1.165, 1.54) is 12.0 Å². The first-order valence-corrected chi connectivity index (χ1v) is 9.28. The molecule has 2 N–H and O–H groups in total. The van der Waals surface area contributed by atoms with Crippen LogP contribution in [0, 0.1) is 0 Å². The minimum atomic E-state index is -0.633. The molecule has 0 aromatic heterocycles.